The number of hydrogen-bond acceptors (Lipinski definition) is 2. The number of halogens is 1. The largest absolute Gasteiger partial charge is 0.343 e. The van der Waals surface area contributed by atoms with Crippen LogP contribution in [0.2, 0.25) is 0 Å². The van der Waals surface area contributed by atoms with Crippen molar-refractivity contribution in [1.29, 1.82) is 0 Å². The van der Waals surface area contributed by atoms with E-state index in [4.69, 9.17) is 9.47 Å². The number of hydrogen-bond donors (Lipinski definition) is 0. The Labute approximate surface area is 110 Å². The van der Waals surface area contributed by atoms with E-state index in [1.165, 1.54) is 10.8 Å². The summed E-state index contributed by atoms with van der Waals surface area (Å²) < 4.78 is 12.9. The lowest BCUT2D eigenvalue weighted by Gasteiger charge is -2.27. The zero-order valence-corrected chi connectivity index (χ0v) is 11.5. The normalized spacial score (nSPS) is 18.8. The van der Waals surface area contributed by atoms with Crippen molar-refractivity contribution in [2.45, 2.75) is 25.0 Å². The molecule has 2 rings (SSSR count). The van der Waals surface area contributed by atoms with E-state index < -0.39 is 5.79 Å². The molecule has 0 spiro atoms. The van der Waals surface area contributed by atoms with E-state index in [0.717, 1.165) is 18.4 Å². The van der Waals surface area contributed by atoms with E-state index in [1.54, 1.807) is 0 Å². The minimum absolute atomic E-state index is 0.465. The van der Waals surface area contributed by atoms with Gasteiger partial charge in [-0.15, -0.1) is 0 Å². The predicted octanol–water partition coefficient (Wildman–Crippen LogP) is 3.49. The van der Waals surface area contributed by atoms with Gasteiger partial charge in [0.1, 0.15) is 0 Å². The van der Waals surface area contributed by atoms with Crippen LogP contribution < -0.4 is 0 Å². The Balaban J connectivity index is 2.09. The van der Waals surface area contributed by atoms with Crippen molar-refractivity contribution in [2.24, 2.45) is 0 Å². The molecule has 0 radical (unpaired) electrons. The standard InChI is InChI=1S/C13H17IO2/c14-9-5-4-8-13(15-10-11-16-13)12-6-2-1-3-7-12/h1-3,6-7H,4-5,8-11H2. The average Bonchev–Trinajstić information content (AvgIpc) is 2.81. The molecule has 0 saturated carbocycles. The summed E-state index contributed by atoms with van der Waals surface area (Å²) in [4.78, 5) is 0. The Morgan fingerprint density at radius 2 is 1.75 bits per heavy atom. The highest BCUT2D eigenvalue weighted by molar-refractivity contribution is 14.1. The minimum atomic E-state index is -0.465. The van der Waals surface area contributed by atoms with Crippen LogP contribution in [0, 0.1) is 0 Å². The fraction of sp³-hybridized carbons (Fsp3) is 0.538. The molecule has 0 aromatic heterocycles. The van der Waals surface area contributed by atoms with E-state index in [9.17, 15) is 0 Å². The lowest BCUT2D eigenvalue weighted by Crippen LogP contribution is -2.27. The molecule has 0 N–H and O–H groups in total. The average molecular weight is 332 g/mol. The summed E-state index contributed by atoms with van der Waals surface area (Å²) >= 11 is 2.41. The van der Waals surface area contributed by atoms with E-state index in [-0.39, 0.29) is 0 Å². The summed E-state index contributed by atoms with van der Waals surface area (Å²) in [5, 5.41) is 0. The van der Waals surface area contributed by atoms with Crippen LogP contribution in [0.5, 0.6) is 0 Å². The SMILES string of the molecule is ICCCCC1(c2ccccc2)OCCO1. The third-order valence-electron chi connectivity index (χ3n) is 2.86. The molecule has 1 heterocycles. The Kier molecular flexibility index (Phi) is 4.61. The van der Waals surface area contributed by atoms with Crippen molar-refractivity contribution in [3.05, 3.63) is 35.9 Å². The second-order valence-electron chi connectivity index (χ2n) is 3.96. The number of alkyl halides is 1. The first kappa shape index (κ1) is 12.3. The van der Waals surface area contributed by atoms with Gasteiger partial charge in [-0.2, -0.15) is 0 Å². The van der Waals surface area contributed by atoms with Crippen LogP contribution in [0.1, 0.15) is 24.8 Å². The first-order chi connectivity index (χ1) is 7.87. The Morgan fingerprint density at radius 1 is 1.06 bits per heavy atom. The van der Waals surface area contributed by atoms with Crippen molar-refractivity contribution < 1.29 is 9.47 Å². The molecule has 16 heavy (non-hydrogen) atoms. The fourth-order valence-corrected chi connectivity index (χ4v) is 2.59. The summed E-state index contributed by atoms with van der Waals surface area (Å²) in [6.07, 6.45) is 3.33. The molecule has 2 nitrogen and oxygen atoms in total. The molecule has 0 aliphatic carbocycles. The summed E-state index contributed by atoms with van der Waals surface area (Å²) in [5.41, 5.74) is 1.15. The summed E-state index contributed by atoms with van der Waals surface area (Å²) in [6, 6.07) is 10.3. The summed E-state index contributed by atoms with van der Waals surface area (Å²) in [5.74, 6) is -0.465. The van der Waals surface area contributed by atoms with Crippen molar-refractivity contribution in [1.82, 2.24) is 0 Å². The lowest BCUT2D eigenvalue weighted by atomic mass is 10.00. The highest BCUT2D eigenvalue weighted by atomic mass is 127. The van der Waals surface area contributed by atoms with Crippen LogP contribution in [-0.2, 0) is 15.3 Å². The highest BCUT2D eigenvalue weighted by Gasteiger charge is 2.37. The molecule has 1 aromatic rings. The van der Waals surface area contributed by atoms with Gasteiger partial charge in [-0.1, -0.05) is 52.9 Å². The fourth-order valence-electron chi connectivity index (χ4n) is 2.05. The topological polar surface area (TPSA) is 18.5 Å². The van der Waals surface area contributed by atoms with E-state index in [1.807, 2.05) is 18.2 Å². The van der Waals surface area contributed by atoms with Crippen molar-refractivity contribution in [3.63, 3.8) is 0 Å². The third kappa shape index (κ3) is 2.76. The Morgan fingerprint density at radius 3 is 2.38 bits per heavy atom. The van der Waals surface area contributed by atoms with Gasteiger partial charge < -0.3 is 9.47 Å². The van der Waals surface area contributed by atoms with Crippen LogP contribution in [0.25, 0.3) is 0 Å². The molecular weight excluding hydrogens is 315 g/mol. The molecular formula is C13H17IO2. The molecule has 0 atom stereocenters. The molecule has 0 amide bonds. The van der Waals surface area contributed by atoms with Crippen LogP contribution in [0.3, 0.4) is 0 Å². The van der Waals surface area contributed by atoms with E-state index in [2.05, 4.69) is 34.7 Å². The van der Waals surface area contributed by atoms with Gasteiger partial charge >= 0.3 is 0 Å². The Hall–Kier alpha value is -0.130. The molecule has 3 heteroatoms. The smallest absolute Gasteiger partial charge is 0.194 e. The molecule has 1 fully saturated rings. The van der Waals surface area contributed by atoms with Crippen molar-refractivity contribution >= 4 is 22.6 Å². The number of unbranched alkanes of at least 4 members (excludes halogenated alkanes) is 1. The van der Waals surface area contributed by atoms with Gasteiger partial charge in [-0.05, 0) is 17.3 Å². The Bertz CT molecular complexity index is 307. The first-order valence-corrected chi connectivity index (χ1v) is 7.29. The van der Waals surface area contributed by atoms with Gasteiger partial charge in [0.15, 0.2) is 5.79 Å². The summed E-state index contributed by atoms with van der Waals surface area (Å²) in [7, 11) is 0. The highest BCUT2D eigenvalue weighted by Crippen LogP contribution is 2.36. The molecule has 0 unspecified atom stereocenters. The van der Waals surface area contributed by atoms with E-state index in [0.29, 0.717) is 13.2 Å². The third-order valence-corrected chi connectivity index (χ3v) is 3.62. The van der Waals surface area contributed by atoms with Crippen molar-refractivity contribution in [3.8, 4) is 0 Å². The van der Waals surface area contributed by atoms with Crippen LogP contribution in [0.15, 0.2) is 30.3 Å². The maximum Gasteiger partial charge on any atom is 0.194 e. The van der Waals surface area contributed by atoms with Gasteiger partial charge in [-0.25, -0.2) is 0 Å². The van der Waals surface area contributed by atoms with Gasteiger partial charge in [0.2, 0.25) is 0 Å². The van der Waals surface area contributed by atoms with Crippen LogP contribution in [0.4, 0.5) is 0 Å². The second kappa shape index (κ2) is 5.98. The van der Waals surface area contributed by atoms with E-state index >= 15 is 0 Å². The molecule has 0 bridgehead atoms. The first-order valence-electron chi connectivity index (χ1n) is 5.77. The molecule has 1 aromatic carbocycles. The number of benzene rings is 1. The van der Waals surface area contributed by atoms with Crippen LogP contribution >= 0.6 is 22.6 Å². The maximum atomic E-state index is 5.85. The monoisotopic (exact) mass is 332 g/mol. The second-order valence-corrected chi connectivity index (χ2v) is 5.04. The van der Waals surface area contributed by atoms with Gasteiger partial charge in [0, 0.05) is 12.0 Å². The summed E-state index contributed by atoms with van der Waals surface area (Å²) in [6.45, 7) is 1.41. The molecule has 1 aliphatic rings. The van der Waals surface area contributed by atoms with Crippen LogP contribution in [-0.4, -0.2) is 17.6 Å². The van der Waals surface area contributed by atoms with Gasteiger partial charge in [0.25, 0.3) is 0 Å². The number of rotatable bonds is 5. The zero-order valence-electron chi connectivity index (χ0n) is 9.32. The zero-order chi connectivity index (χ0) is 11.3. The maximum absolute atomic E-state index is 5.85. The lowest BCUT2D eigenvalue weighted by molar-refractivity contribution is -0.171. The minimum Gasteiger partial charge on any atom is -0.343 e. The quantitative estimate of drug-likeness (QED) is 0.467. The predicted molar refractivity (Wildman–Crippen MR) is 72.8 cm³/mol. The van der Waals surface area contributed by atoms with Gasteiger partial charge in [0.05, 0.1) is 13.2 Å². The molecule has 1 saturated heterocycles. The number of ether oxygens (including phenoxy) is 2. The van der Waals surface area contributed by atoms with Crippen molar-refractivity contribution in [2.75, 3.05) is 17.6 Å². The molecule has 88 valence electrons. The molecule has 1 aliphatic heterocycles. The van der Waals surface area contributed by atoms with Gasteiger partial charge in [-0.3, -0.25) is 0 Å².